The van der Waals surface area contributed by atoms with Crippen molar-refractivity contribution in [3.63, 3.8) is 0 Å². The van der Waals surface area contributed by atoms with Gasteiger partial charge in [-0.15, -0.1) is 0 Å². The highest BCUT2D eigenvalue weighted by atomic mass is 35.5. The van der Waals surface area contributed by atoms with E-state index in [1.807, 2.05) is 18.2 Å². The molecule has 0 bridgehead atoms. The molecule has 0 aliphatic heterocycles. The maximum Gasteiger partial charge on any atom is 0.0490 e. The molecule has 0 aliphatic rings. The lowest BCUT2D eigenvalue weighted by Crippen LogP contribution is -2.06. The van der Waals surface area contributed by atoms with Gasteiger partial charge in [-0.05, 0) is 30.7 Å². The molecule has 0 amide bonds. The first kappa shape index (κ1) is 13.2. The summed E-state index contributed by atoms with van der Waals surface area (Å²) in [6.07, 6.45) is 0. The number of halogens is 1. The lowest BCUT2D eigenvalue weighted by molar-refractivity contribution is 0.740. The molecule has 3 heteroatoms. The number of benzene rings is 2. The van der Waals surface area contributed by atoms with E-state index in [2.05, 4.69) is 41.8 Å². The van der Waals surface area contributed by atoms with Crippen LogP contribution in [0.15, 0.2) is 48.5 Å². The molecule has 0 unspecified atom stereocenters. The number of aryl methyl sites for hydroxylation is 1. The Morgan fingerprint density at radius 1 is 1.10 bits per heavy atom. The summed E-state index contributed by atoms with van der Waals surface area (Å²) < 4.78 is 2.27. The van der Waals surface area contributed by atoms with Crippen molar-refractivity contribution in [2.45, 2.75) is 20.0 Å². The van der Waals surface area contributed by atoms with Gasteiger partial charge in [0.1, 0.15) is 0 Å². The van der Waals surface area contributed by atoms with Crippen LogP contribution in [-0.4, -0.2) is 4.57 Å². The quantitative estimate of drug-likeness (QED) is 0.757. The number of nitrogens with two attached hydrogens (primary N) is 1. The number of hydrogen-bond acceptors (Lipinski definition) is 1. The second-order valence-corrected chi connectivity index (χ2v) is 5.23. The number of aromatic nitrogens is 1. The maximum atomic E-state index is 6.19. The zero-order chi connectivity index (χ0) is 14.1. The van der Waals surface area contributed by atoms with E-state index in [1.54, 1.807) is 0 Å². The van der Waals surface area contributed by atoms with Crippen molar-refractivity contribution in [3.8, 4) is 11.1 Å². The predicted molar refractivity (Wildman–Crippen MR) is 85.9 cm³/mol. The fraction of sp³-hybridized carbons (Fsp3) is 0.176. The van der Waals surface area contributed by atoms with Crippen LogP contribution in [-0.2, 0) is 13.1 Å². The van der Waals surface area contributed by atoms with Gasteiger partial charge in [0.25, 0.3) is 0 Å². The molecule has 0 saturated heterocycles. The molecule has 3 rings (SSSR count). The molecule has 0 radical (unpaired) electrons. The third-order valence-electron chi connectivity index (χ3n) is 3.71. The summed E-state index contributed by atoms with van der Waals surface area (Å²) in [7, 11) is 0. The maximum absolute atomic E-state index is 6.19. The molecule has 0 aliphatic carbocycles. The van der Waals surface area contributed by atoms with Gasteiger partial charge < -0.3 is 10.3 Å². The van der Waals surface area contributed by atoms with E-state index in [-0.39, 0.29) is 0 Å². The normalized spacial score (nSPS) is 11.2. The minimum Gasteiger partial charge on any atom is -0.343 e. The molecule has 0 saturated carbocycles. The van der Waals surface area contributed by atoms with Gasteiger partial charge >= 0.3 is 0 Å². The van der Waals surface area contributed by atoms with E-state index in [1.165, 1.54) is 22.0 Å². The first-order valence-electron chi connectivity index (χ1n) is 6.82. The van der Waals surface area contributed by atoms with Crippen molar-refractivity contribution in [2.24, 2.45) is 5.73 Å². The Morgan fingerprint density at radius 3 is 2.50 bits per heavy atom. The highest BCUT2D eigenvalue weighted by molar-refractivity contribution is 6.31. The van der Waals surface area contributed by atoms with Crippen molar-refractivity contribution in [2.75, 3.05) is 0 Å². The fourth-order valence-corrected chi connectivity index (χ4v) is 3.05. The third-order valence-corrected chi connectivity index (χ3v) is 3.94. The number of rotatable bonds is 3. The van der Waals surface area contributed by atoms with Gasteiger partial charge in [-0.3, -0.25) is 0 Å². The summed E-state index contributed by atoms with van der Waals surface area (Å²) in [5.74, 6) is 0. The third kappa shape index (κ3) is 2.01. The van der Waals surface area contributed by atoms with Gasteiger partial charge in [-0.25, -0.2) is 0 Å². The van der Waals surface area contributed by atoms with Crippen LogP contribution >= 0.6 is 11.6 Å². The summed E-state index contributed by atoms with van der Waals surface area (Å²) in [6.45, 7) is 3.56. The molecule has 2 N–H and O–H groups in total. The molecule has 1 heterocycles. The highest BCUT2D eigenvalue weighted by Gasteiger charge is 2.16. The molecule has 0 fully saturated rings. The van der Waals surface area contributed by atoms with E-state index in [4.69, 9.17) is 17.3 Å². The van der Waals surface area contributed by atoms with Gasteiger partial charge in [0.2, 0.25) is 0 Å². The number of hydrogen-bond donors (Lipinski definition) is 1. The average Bonchev–Trinajstić information content (AvgIpc) is 2.80. The SMILES string of the molecule is CCn1c(CN)c(-c2ccccc2)c2cc(Cl)ccc21. The Balaban J connectivity index is 2.42. The Morgan fingerprint density at radius 2 is 1.85 bits per heavy atom. The minimum absolute atomic E-state index is 0.518. The van der Waals surface area contributed by atoms with E-state index in [0.29, 0.717) is 6.54 Å². The molecule has 0 spiro atoms. The molecule has 1 aromatic heterocycles. The topological polar surface area (TPSA) is 30.9 Å². The van der Waals surface area contributed by atoms with Gasteiger partial charge in [0.05, 0.1) is 0 Å². The van der Waals surface area contributed by atoms with Gasteiger partial charge in [-0.2, -0.15) is 0 Å². The first-order chi connectivity index (χ1) is 9.76. The van der Waals surface area contributed by atoms with Crippen LogP contribution in [0.1, 0.15) is 12.6 Å². The van der Waals surface area contributed by atoms with Crippen LogP contribution in [0.4, 0.5) is 0 Å². The van der Waals surface area contributed by atoms with E-state index in [0.717, 1.165) is 17.3 Å². The number of nitrogens with zero attached hydrogens (tertiary/aromatic N) is 1. The standard InChI is InChI=1S/C17H17ClN2/c1-2-20-15-9-8-13(18)10-14(15)17(16(20)11-19)12-6-4-3-5-7-12/h3-10H,2,11,19H2,1H3. The van der Waals surface area contributed by atoms with Gasteiger partial charge in [0, 0.05) is 40.3 Å². The summed E-state index contributed by atoms with van der Waals surface area (Å²) >= 11 is 6.19. The van der Waals surface area contributed by atoms with E-state index in [9.17, 15) is 0 Å². The van der Waals surface area contributed by atoms with Crippen molar-refractivity contribution < 1.29 is 0 Å². The second-order valence-electron chi connectivity index (χ2n) is 4.80. The highest BCUT2D eigenvalue weighted by Crippen LogP contribution is 2.36. The molecule has 2 nitrogen and oxygen atoms in total. The summed E-state index contributed by atoms with van der Waals surface area (Å²) in [6, 6.07) is 16.4. The Labute approximate surface area is 123 Å². The zero-order valence-electron chi connectivity index (χ0n) is 11.4. The Bertz CT molecular complexity index is 745. The number of fused-ring (bicyclic) bond motifs is 1. The van der Waals surface area contributed by atoms with Crippen LogP contribution in [0.2, 0.25) is 5.02 Å². The minimum atomic E-state index is 0.518. The van der Waals surface area contributed by atoms with Crippen LogP contribution in [0.3, 0.4) is 0 Å². The van der Waals surface area contributed by atoms with Crippen molar-refractivity contribution in [1.29, 1.82) is 0 Å². The fourth-order valence-electron chi connectivity index (χ4n) is 2.88. The first-order valence-corrected chi connectivity index (χ1v) is 7.20. The molecular formula is C17H17ClN2. The van der Waals surface area contributed by atoms with Crippen LogP contribution in [0.5, 0.6) is 0 Å². The van der Waals surface area contributed by atoms with Gasteiger partial charge in [0.15, 0.2) is 0 Å². The van der Waals surface area contributed by atoms with Crippen molar-refractivity contribution >= 4 is 22.5 Å². The molecule has 102 valence electrons. The Hall–Kier alpha value is -1.77. The Kier molecular flexibility index (Phi) is 3.51. The zero-order valence-corrected chi connectivity index (χ0v) is 12.2. The van der Waals surface area contributed by atoms with Crippen LogP contribution in [0, 0.1) is 0 Å². The van der Waals surface area contributed by atoms with E-state index >= 15 is 0 Å². The predicted octanol–water partition coefficient (Wildman–Crippen LogP) is 4.44. The second kappa shape index (κ2) is 5.31. The van der Waals surface area contributed by atoms with Crippen molar-refractivity contribution in [3.05, 3.63) is 59.2 Å². The smallest absolute Gasteiger partial charge is 0.0490 e. The summed E-state index contributed by atoms with van der Waals surface area (Å²) in [5, 5.41) is 1.93. The van der Waals surface area contributed by atoms with Crippen molar-refractivity contribution in [1.82, 2.24) is 4.57 Å². The average molecular weight is 285 g/mol. The molecule has 20 heavy (non-hydrogen) atoms. The van der Waals surface area contributed by atoms with Crippen LogP contribution < -0.4 is 5.73 Å². The largest absolute Gasteiger partial charge is 0.343 e. The monoisotopic (exact) mass is 284 g/mol. The molecule has 0 atom stereocenters. The lowest BCUT2D eigenvalue weighted by atomic mass is 10.0. The summed E-state index contributed by atoms with van der Waals surface area (Å²) in [5.41, 5.74) is 10.8. The summed E-state index contributed by atoms with van der Waals surface area (Å²) in [4.78, 5) is 0. The molecular weight excluding hydrogens is 268 g/mol. The molecule has 2 aromatic carbocycles. The van der Waals surface area contributed by atoms with E-state index < -0.39 is 0 Å². The van der Waals surface area contributed by atoms with Crippen LogP contribution in [0.25, 0.3) is 22.0 Å². The van der Waals surface area contributed by atoms with Gasteiger partial charge in [-0.1, -0.05) is 41.9 Å². The molecule has 3 aromatic rings. The lowest BCUT2D eigenvalue weighted by Gasteiger charge is -2.08.